The summed E-state index contributed by atoms with van der Waals surface area (Å²) in [7, 11) is 0. The summed E-state index contributed by atoms with van der Waals surface area (Å²) in [5.41, 5.74) is 1.47. The van der Waals surface area contributed by atoms with Crippen LogP contribution in [0.3, 0.4) is 0 Å². The van der Waals surface area contributed by atoms with Gasteiger partial charge in [0.05, 0.1) is 11.0 Å². The summed E-state index contributed by atoms with van der Waals surface area (Å²) >= 11 is 0. The first kappa shape index (κ1) is 24.1. The third-order valence-corrected chi connectivity index (χ3v) is 5.41. The van der Waals surface area contributed by atoms with Crippen LogP contribution in [0.4, 0.5) is 10.5 Å². The number of aliphatic hydroxyl groups is 1. The molecule has 2 N–H and O–H groups in total. The summed E-state index contributed by atoms with van der Waals surface area (Å²) in [6, 6.07) is 13.5. The highest BCUT2D eigenvalue weighted by Crippen LogP contribution is 2.23. The van der Waals surface area contributed by atoms with Crippen LogP contribution in [0.2, 0.25) is 0 Å². The Morgan fingerprint density at radius 1 is 1.18 bits per heavy atom. The van der Waals surface area contributed by atoms with Crippen LogP contribution in [0.1, 0.15) is 25.0 Å². The van der Waals surface area contributed by atoms with Gasteiger partial charge in [0.2, 0.25) is 5.91 Å². The smallest absolute Gasteiger partial charge is 0.408 e. The second kappa shape index (κ2) is 10.9. The van der Waals surface area contributed by atoms with Gasteiger partial charge in [-0.1, -0.05) is 56.3 Å². The maximum Gasteiger partial charge on any atom is 0.408 e. The van der Waals surface area contributed by atoms with Gasteiger partial charge in [-0.3, -0.25) is 14.9 Å². The molecule has 1 aliphatic rings. The Morgan fingerprint density at radius 3 is 2.45 bits per heavy atom. The number of alkyl carbamates (subject to hydrolysis) is 1. The number of hydrogen-bond donors (Lipinski definition) is 2. The summed E-state index contributed by atoms with van der Waals surface area (Å²) < 4.78 is 10.5. The van der Waals surface area contributed by atoms with Crippen molar-refractivity contribution in [2.45, 2.75) is 45.2 Å². The van der Waals surface area contributed by atoms with Crippen LogP contribution in [0.15, 0.2) is 54.6 Å². The van der Waals surface area contributed by atoms with Crippen LogP contribution in [-0.2, 0) is 27.3 Å². The van der Waals surface area contributed by atoms with Gasteiger partial charge < -0.3 is 24.8 Å². The van der Waals surface area contributed by atoms with E-state index < -0.39 is 35.3 Å². The summed E-state index contributed by atoms with van der Waals surface area (Å²) in [6.07, 6.45) is -1.71. The lowest BCUT2D eigenvalue weighted by atomic mass is 10.00. The van der Waals surface area contributed by atoms with Crippen molar-refractivity contribution in [1.29, 1.82) is 0 Å². The average Bonchev–Trinajstić information content (AvgIpc) is 3.16. The molecule has 0 spiro atoms. The van der Waals surface area contributed by atoms with Crippen molar-refractivity contribution in [3.63, 3.8) is 0 Å². The maximum absolute atomic E-state index is 13.3. The Kier molecular flexibility index (Phi) is 7.96. The topological polar surface area (TPSA) is 131 Å². The summed E-state index contributed by atoms with van der Waals surface area (Å²) in [5.74, 6) is -0.662. The van der Waals surface area contributed by atoms with Gasteiger partial charge in [0, 0.05) is 12.1 Å². The van der Waals surface area contributed by atoms with Gasteiger partial charge in [0.15, 0.2) is 6.29 Å². The Balaban J connectivity index is 1.65. The average molecular weight is 457 g/mol. The first-order valence-electron chi connectivity index (χ1n) is 10.6. The van der Waals surface area contributed by atoms with Crippen molar-refractivity contribution in [1.82, 2.24) is 10.2 Å². The number of nitrogens with one attached hydrogen (secondary N) is 1. The third kappa shape index (κ3) is 6.27. The van der Waals surface area contributed by atoms with E-state index in [1.807, 2.05) is 30.3 Å². The molecule has 10 heteroatoms. The maximum atomic E-state index is 13.3. The van der Waals surface area contributed by atoms with E-state index in [1.54, 1.807) is 26.0 Å². The van der Waals surface area contributed by atoms with Crippen molar-refractivity contribution in [3.05, 3.63) is 75.8 Å². The Hall–Kier alpha value is -3.50. The van der Waals surface area contributed by atoms with E-state index in [0.717, 1.165) is 5.56 Å². The van der Waals surface area contributed by atoms with E-state index in [1.165, 1.54) is 17.0 Å². The van der Waals surface area contributed by atoms with Crippen LogP contribution in [0.5, 0.6) is 0 Å². The standard InChI is InChI=1S/C23H27N3O7/c1-15(2)20(24-23(29)32-13-17-6-4-3-5-7-17)21(27)25-14-33-22(28)19(25)12-16-8-10-18(11-9-16)26(30)31/h3-11,15,19-20,22,28H,12-14H2,1-2H3,(H,24,29). The number of amides is 2. The molecule has 3 atom stereocenters. The third-order valence-electron chi connectivity index (χ3n) is 5.41. The number of nitro groups is 1. The van der Waals surface area contributed by atoms with Gasteiger partial charge in [0.25, 0.3) is 5.69 Å². The molecule has 0 bridgehead atoms. The second-order valence-corrected chi connectivity index (χ2v) is 8.12. The SMILES string of the molecule is CC(C)C(NC(=O)OCc1ccccc1)C(=O)N1COC(O)C1Cc1ccc([N+](=O)[O-])cc1. The second-order valence-electron chi connectivity index (χ2n) is 8.12. The number of benzene rings is 2. The molecule has 2 aromatic rings. The number of aliphatic hydroxyl groups excluding tert-OH is 1. The molecule has 2 aromatic carbocycles. The molecule has 10 nitrogen and oxygen atoms in total. The van der Waals surface area contributed by atoms with Crippen molar-refractivity contribution < 1.29 is 29.1 Å². The Bertz CT molecular complexity index is 966. The molecule has 33 heavy (non-hydrogen) atoms. The fourth-order valence-corrected chi connectivity index (χ4v) is 3.53. The Labute approximate surface area is 191 Å². The molecule has 0 saturated carbocycles. The molecule has 0 aromatic heterocycles. The molecule has 1 saturated heterocycles. The minimum absolute atomic E-state index is 0.0482. The van der Waals surface area contributed by atoms with Crippen LogP contribution in [0, 0.1) is 16.0 Å². The zero-order valence-corrected chi connectivity index (χ0v) is 18.4. The van der Waals surface area contributed by atoms with Crippen molar-refractivity contribution >= 4 is 17.7 Å². The quantitative estimate of drug-likeness (QED) is 0.460. The van der Waals surface area contributed by atoms with Crippen LogP contribution >= 0.6 is 0 Å². The largest absolute Gasteiger partial charge is 0.445 e. The molecule has 0 radical (unpaired) electrons. The molecule has 2 amide bonds. The number of carbonyl (C=O) groups excluding carboxylic acids is 2. The Morgan fingerprint density at radius 2 is 1.85 bits per heavy atom. The van der Waals surface area contributed by atoms with Gasteiger partial charge in [-0.25, -0.2) is 4.79 Å². The molecular formula is C23H27N3O7. The van der Waals surface area contributed by atoms with E-state index in [4.69, 9.17) is 9.47 Å². The number of carbonyl (C=O) groups is 2. The van der Waals surface area contributed by atoms with Gasteiger partial charge in [0.1, 0.15) is 19.4 Å². The minimum Gasteiger partial charge on any atom is -0.445 e. The van der Waals surface area contributed by atoms with Gasteiger partial charge in [-0.15, -0.1) is 0 Å². The van der Waals surface area contributed by atoms with E-state index >= 15 is 0 Å². The fraction of sp³-hybridized carbons (Fsp3) is 0.391. The fourth-order valence-electron chi connectivity index (χ4n) is 3.53. The highest BCUT2D eigenvalue weighted by molar-refractivity contribution is 5.86. The van der Waals surface area contributed by atoms with Crippen molar-refractivity contribution in [2.24, 2.45) is 5.92 Å². The molecule has 176 valence electrons. The zero-order valence-electron chi connectivity index (χ0n) is 18.4. The van der Waals surface area contributed by atoms with E-state index in [0.29, 0.717) is 5.56 Å². The molecule has 3 unspecified atom stereocenters. The van der Waals surface area contributed by atoms with Crippen LogP contribution in [-0.4, -0.2) is 52.0 Å². The van der Waals surface area contributed by atoms with Crippen LogP contribution in [0.25, 0.3) is 0 Å². The number of hydrogen-bond acceptors (Lipinski definition) is 7. The lowest BCUT2D eigenvalue weighted by Gasteiger charge is -2.30. The number of non-ortho nitro benzene ring substituents is 1. The number of rotatable bonds is 8. The van der Waals surface area contributed by atoms with E-state index in [9.17, 15) is 24.8 Å². The number of nitro benzene ring substituents is 1. The summed E-state index contributed by atoms with van der Waals surface area (Å²) in [4.78, 5) is 37.3. The lowest BCUT2D eigenvalue weighted by molar-refractivity contribution is -0.384. The molecule has 0 aliphatic carbocycles. The van der Waals surface area contributed by atoms with Gasteiger partial charge >= 0.3 is 6.09 Å². The zero-order chi connectivity index (χ0) is 24.0. The predicted octanol–water partition coefficient (Wildman–Crippen LogP) is 2.59. The first-order chi connectivity index (χ1) is 15.8. The normalized spacial score (nSPS) is 18.7. The number of nitrogens with zero attached hydrogens (tertiary/aromatic N) is 2. The minimum atomic E-state index is -1.22. The van der Waals surface area contributed by atoms with Gasteiger partial charge in [-0.05, 0) is 23.5 Å². The molecule has 1 aliphatic heterocycles. The van der Waals surface area contributed by atoms with Crippen molar-refractivity contribution in [3.8, 4) is 0 Å². The predicted molar refractivity (Wildman–Crippen MR) is 118 cm³/mol. The lowest BCUT2D eigenvalue weighted by Crippen LogP contribution is -2.53. The van der Waals surface area contributed by atoms with Gasteiger partial charge in [-0.2, -0.15) is 0 Å². The first-order valence-corrected chi connectivity index (χ1v) is 10.6. The monoisotopic (exact) mass is 457 g/mol. The van der Waals surface area contributed by atoms with Crippen LogP contribution < -0.4 is 5.32 Å². The highest BCUT2D eigenvalue weighted by atomic mass is 16.6. The van der Waals surface area contributed by atoms with E-state index in [2.05, 4.69) is 5.32 Å². The summed E-state index contributed by atoms with van der Waals surface area (Å²) in [6.45, 7) is 3.51. The molecule has 3 rings (SSSR count). The van der Waals surface area contributed by atoms with Crippen molar-refractivity contribution in [2.75, 3.05) is 6.73 Å². The number of ether oxygens (including phenoxy) is 2. The van der Waals surface area contributed by atoms with E-state index in [-0.39, 0.29) is 31.4 Å². The molecule has 1 fully saturated rings. The highest BCUT2D eigenvalue weighted by Gasteiger charge is 2.41. The molecule has 1 heterocycles. The summed E-state index contributed by atoms with van der Waals surface area (Å²) in [5, 5.41) is 23.8. The molecular weight excluding hydrogens is 430 g/mol.